The summed E-state index contributed by atoms with van der Waals surface area (Å²) in [6.45, 7) is 0.0128. The van der Waals surface area contributed by atoms with E-state index in [1.165, 1.54) is 26.4 Å². The Morgan fingerprint density at radius 1 is 1.03 bits per heavy atom. The van der Waals surface area contributed by atoms with Crippen LogP contribution in [-0.4, -0.2) is 38.0 Å². The summed E-state index contributed by atoms with van der Waals surface area (Å²) in [6, 6.07) is 13.5. The molecule has 1 N–H and O–H groups in total. The van der Waals surface area contributed by atoms with E-state index < -0.39 is 23.8 Å². The van der Waals surface area contributed by atoms with Crippen LogP contribution in [0.2, 0.25) is 0 Å². The number of imide groups is 2. The van der Waals surface area contributed by atoms with Crippen LogP contribution in [0.4, 0.5) is 10.5 Å². The smallest absolute Gasteiger partial charge is 0.373 e. The summed E-state index contributed by atoms with van der Waals surface area (Å²) in [5.41, 5.74) is 0.557. The number of esters is 1. The number of amides is 4. The monoisotopic (exact) mass is 554 g/mol. The van der Waals surface area contributed by atoms with Crippen LogP contribution in [-0.2, 0) is 20.9 Å². The molecular formula is C25H19BrN2O8. The highest BCUT2D eigenvalue weighted by molar-refractivity contribution is 9.10. The summed E-state index contributed by atoms with van der Waals surface area (Å²) in [5, 5.41) is 2.18. The molecule has 0 saturated carbocycles. The second-order valence-corrected chi connectivity index (χ2v) is 8.31. The fraction of sp³-hybridized carbons (Fsp3) is 0.120. The van der Waals surface area contributed by atoms with E-state index in [0.717, 1.165) is 9.37 Å². The highest BCUT2D eigenvalue weighted by atomic mass is 79.9. The van der Waals surface area contributed by atoms with Gasteiger partial charge in [-0.05, 0) is 60.2 Å². The Morgan fingerprint density at radius 2 is 1.78 bits per heavy atom. The van der Waals surface area contributed by atoms with Gasteiger partial charge in [0.05, 0.1) is 19.9 Å². The Morgan fingerprint density at radius 3 is 2.47 bits per heavy atom. The summed E-state index contributed by atoms with van der Waals surface area (Å²) >= 11 is 3.30. The quantitative estimate of drug-likeness (QED) is 0.263. The van der Waals surface area contributed by atoms with Crippen LogP contribution in [0, 0.1) is 0 Å². The lowest BCUT2D eigenvalue weighted by molar-refractivity contribution is -0.122. The molecule has 10 nitrogen and oxygen atoms in total. The van der Waals surface area contributed by atoms with Crippen LogP contribution >= 0.6 is 15.9 Å². The van der Waals surface area contributed by atoms with Crippen molar-refractivity contribution in [2.24, 2.45) is 0 Å². The number of rotatable bonds is 7. The molecule has 1 saturated heterocycles. The Labute approximate surface area is 213 Å². The van der Waals surface area contributed by atoms with Gasteiger partial charge in [-0.25, -0.2) is 14.5 Å². The minimum absolute atomic E-state index is 0.0128. The molecule has 0 radical (unpaired) electrons. The highest BCUT2D eigenvalue weighted by Crippen LogP contribution is 2.31. The molecule has 1 aromatic heterocycles. The molecule has 0 aliphatic carbocycles. The fourth-order valence-corrected chi connectivity index (χ4v) is 3.62. The molecule has 1 aliphatic heterocycles. The largest absolute Gasteiger partial charge is 0.493 e. The first-order valence-electron chi connectivity index (χ1n) is 10.5. The molecule has 3 aromatic rings. The van der Waals surface area contributed by atoms with Gasteiger partial charge in [0.25, 0.3) is 11.8 Å². The van der Waals surface area contributed by atoms with E-state index in [1.54, 1.807) is 48.5 Å². The predicted octanol–water partition coefficient (Wildman–Crippen LogP) is 4.08. The van der Waals surface area contributed by atoms with Crippen LogP contribution in [0.1, 0.15) is 21.9 Å². The number of nitrogens with zero attached hydrogens (tertiary/aromatic N) is 1. The van der Waals surface area contributed by atoms with Gasteiger partial charge in [-0.2, -0.15) is 0 Å². The summed E-state index contributed by atoms with van der Waals surface area (Å²) in [7, 11) is 2.69. The Bertz CT molecular complexity index is 1380. The summed E-state index contributed by atoms with van der Waals surface area (Å²) in [4.78, 5) is 50.3. The number of anilines is 1. The fourth-order valence-electron chi connectivity index (χ4n) is 3.36. The molecule has 0 spiro atoms. The molecule has 36 heavy (non-hydrogen) atoms. The number of methoxy groups -OCH3 is 2. The van der Waals surface area contributed by atoms with Crippen LogP contribution in [0.5, 0.6) is 11.5 Å². The van der Waals surface area contributed by atoms with Crippen molar-refractivity contribution >= 4 is 51.5 Å². The van der Waals surface area contributed by atoms with Gasteiger partial charge in [0.2, 0.25) is 5.76 Å². The molecule has 11 heteroatoms. The zero-order valence-corrected chi connectivity index (χ0v) is 20.7. The number of barbiturate groups is 1. The topological polar surface area (TPSA) is 124 Å². The molecule has 184 valence electrons. The second kappa shape index (κ2) is 10.5. The van der Waals surface area contributed by atoms with Gasteiger partial charge in [-0.1, -0.05) is 22.0 Å². The first-order chi connectivity index (χ1) is 17.3. The van der Waals surface area contributed by atoms with E-state index in [0.29, 0.717) is 28.5 Å². The van der Waals surface area contributed by atoms with Crippen LogP contribution in [0.25, 0.3) is 6.08 Å². The first-order valence-corrected chi connectivity index (χ1v) is 11.2. The second-order valence-electron chi connectivity index (χ2n) is 7.39. The highest BCUT2D eigenvalue weighted by Gasteiger charge is 2.36. The molecule has 2 heterocycles. The van der Waals surface area contributed by atoms with Gasteiger partial charge in [-0.15, -0.1) is 0 Å². The number of ether oxygens (including phenoxy) is 3. The van der Waals surface area contributed by atoms with E-state index in [1.807, 2.05) is 0 Å². The van der Waals surface area contributed by atoms with Gasteiger partial charge >= 0.3 is 12.0 Å². The number of benzene rings is 2. The molecule has 0 bridgehead atoms. The normalized spacial score (nSPS) is 14.6. The number of urea groups is 1. The number of hydrogen-bond donors (Lipinski definition) is 1. The maximum absolute atomic E-state index is 13.1. The molecule has 1 fully saturated rings. The van der Waals surface area contributed by atoms with Crippen LogP contribution in [0.15, 0.2) is 69.1 Å². The lowest BCUT2D eigenvalue weighted by atomic mass is 10.1. The third-order valence-corrected chi connectivity index (χ3v) is 5.63. The molecule has 1 aliphatic rings. The van der Waals surface area contributed by atoms with Gasteiger partial charge in [0.1, 0.15) is 17.9 Å². The number of carbonyl (C=O) groups excluding carboxylic acids is 4. The lowest BCUT2D eigenvalue weighted by Gasteiger charge is -2.26. The van der Waals surface area contributed by atoms with E-state index in [9.17, 15) is 19.2 Å². The maximum atomic E-state index is 13.1. The average Bonchev–Trinajstić information content (AvgIpc) is 3.35. The Hall–Kier alpha value is -4.38. The molecule has 0 unspecified atom stereocenters. The number of halogens is 1. The molecule has 4 rings (SSSR count). The third-order valence-electron chi connectivity index (χ3n) is 5.10. The summed E-state index contributed by atoms with van der Waals surface area (Å²) in [6.07, 6.45) is 1.36. The predicted molar refractivity (Wildman–Crippen MR) is 131 cm³/mol. The Kier molecular flexibility index (Phi) is 7.20. The molecule has 2 aromatic carbocycles. The minimum atomic E-state index is -0.834. The minimum Gasteiger partial charge on any atom is -0.493 e. The van der Waals surface area contributed by atoms with Crippen molar-refractivity contribution in [1.29, 1.82) is 0 Å². The van der Waals surface area contributed by atoms with E-state index in [4.69, 9.17) is 13.9 Å². The molecular weight excluding hydrogens is 536 g/mol. The average molecular weight is 555 g/mol. The number of carbonyl (C=O) groups is 4. The van der Waals surface area contributed by atoms with Crippen molar-refractivity contribution < 1.29 is 37.8 Å². The zero-order chi connectivity index (χ0) is 25.8. The number of furan rings is 1. The maximum Gasteiger partial charge on any atom is 0.373 e. The lowest BCUT2D eigenvalue weighted by Crippen LogP contribution is -2.54. The van der Waals surface area contributed by atoms with Crippen molar-refractivity contribution in [2.45, 2.75) is 6.61 Å². The number of nitrogens with one attached hydrogen (secondary N) is 1. The standard InChI is InChI=1S/C25H19BrN2O8/c1-33-21-12-14(3-9-19(21)35-13-17-8-10-20(36-17)24(31)34-2)11-18-22(29)27-25(32)28(23(18)30)16-6-4-15(26)5-7-16/h3-12H,13H2,1-2H3,(H,27,29,32)/b18-11-. The van der Waals surface area contributed by atoms with Crippen molar-refractivity contribution in [3.63, 3.8) is 0 Å². The molecule has 4 amide bonds. The zero-order valence-electron chi connectivity index (χ0n) is 19.1. The number of hydrogen-bond acceptors (Lipinski definition) is 8. The Balaban J connectivity index is 1.55. The third kappa shape index (κ3) is 5.15. The summed E-state index contributed by atoms with van der Waals surface area (Å²) in [5.74, 6) is -1.03. The van der Waals surface area contributed by atoms with E-state index in [2.05, 4.69) is 26.0 Å². The molecule has 0 atom stereocenters. The van der Waals surface area contributed by atoms with Gasteiger partial charge in [0.15, 0.2) is 11.5 Å². The van der Waals surface area contributed by atoms with E-state index in [-0.39, 0.29) is 17.9 Å². The van der Waals surface area contributed by atoms with Crippen molar-refractivity contribution in [3.05, 3.63) is 81.7 Å². The first kappa shape index (κ1) is 24.7. The SMILES string of the molecule is COC(=O)c1ccc(COc2ccc(/C=C3/C(=O)NC(=O)N(c4ccc(Br)cc4)C3=O)cc2OC)o1. The van der Waals surface area contributed by atoms with Gasteiger partial charge < -0.3 is 18.6 Å². The summed E-state index contributed by atoms with van der Waals surface area (Å²) < 4.78 is 21.9. The van der Waals surface area contributed by atoms with Crippen molar-refractivity contribution in [2.75, 3.05) is 19.1 Å². The van der Waals surface area contributed by atoms with Crippen LogP contribution in [0.3, 0.4) is 0 Å². The van der Waals surface area contributed by atoms with Gasteiger partial charge in [-0.3, -0.25) is 14.9 Å². The van der Waals surface area contributed by atoms with Crippen molar-refractivity contribution in [3.8, 4) is 11.5 Å². The van der Waals surface area contributed by atoms with E-state index >= 15 is 0 Å². The van der Waals surface area contributed by atoms with Crippen LogP contribution < -0.4 is 19.7 Å². The van der Waals surface area contributed by atoms with Gasteiger partial charge in [0, 0.05) is 4.47 Å². The van der Waals surface area contributed by atoms with Crippen molar-refractivity contribution in [1.82, 2.24) is 5.32 Å².